The van der Waals surface area contributed by atoms with Crippen molar-refractivity contribution >= 4 is 5.82 Å². The van der Waals surface area contributed by atoms with Crippen molar-refractivity contribution in [2.75, 3.05) is 12.4 Å². The van der Waals surface area contributed by atoms with Gasteiger partial charge in [-0.05, 0) is 18.6 Å². The molecule has 6 nitrogen and oxygen atoms in total. The minimum absolute atomic E-state index is 0.520. The molecule has 2 aromatic heterocycles. The van der Waals surface area contributed by atoms with Crippen LogP contribution in [-0.2, 0) is 20.0 Å². The zero-order valence-electron chi connectivity index (χ0n) is 11.8. The Kier molecular flexibility index (Phi) is 4.20. The summed E-state index contributed by atoms with van der Waals surface area (Å²) in [4.78, 5) is 4.18. The highest BCUT2D eigenvalue weighted by atomic mass is 16.5. The Morgan fingerprint density at radius 1 is 1.50 bits per heavy atom. The van der Waals surface area contributed by atoms with Gasteiger partial charge >= 0.3 is 0 Å². The molecular weight excluding hydrogens is 254 g/mol. The Labute approximate surface area is 118 Å². The zero-order valence-corrected chi connectivity index (χ0v) is 11.8. The van der Waals surface area contributed by atoms with E-state index in [4.69, 9.17) is 10.00 Å². The van der Waals surface area contributed by atoms with E-state index in [0.717, 1.165) is 23.6 Å². The molecule has 0 spiro atoms. The van der Waals surface area contributed by atoms with Crippen LogP contribution in [-0.4, -0.2) is 21.9 Å². The monoisotopic (exact) mass is 271 g/mol. The lowest BCUT2D eigenvalue weighted by atomic mass is 10.2. The lowest BCUT2D eigenvalue weighted by Crippen LogP contribution is -2.06. The molecule has 0 aliphatic carbocycles. The number of aryl methyl sites for hydroxylation is 2. The van der Waals surface area contributed by atoms with E-state index < -0.39 is 0 Å². The maximum atomic E-state index is 9.05. The van der Waals surface area contributed by atoms with Crippen molar-refractivity contribution in [2.24, 2.45) is 7.05 Å². The Morgan fingerprint density at radius 2 is 2.30 bits per heavy atom. The molecule has 0 fully saturated rings. The number of hydrogen-bond acceptors (Lipinski definition) is 5. The van der Waals surface area contributed by atoms with E-state index in [9.17, 15) is 0 Å². The van der Waals surface area contributed by atoms with Gasteiger partial charge in [-0.25, -0.2) is 9.67 Å². The molecular formula is C14H17N5O. The standard InChI is InChI=1S/C14H17N5O/c1-4-12-11(14(20-3)19(2)18-12)9-17-13-10(8-15)6-5-7-16-13/h5-7H,4,9H2,1-3H3,(H,16,17). The van der Waals surface area contributed by atoms with Gasteiger partial charge in [0.15, 0.2) is 0 Å². The lowest BCUT2D eigenvalue weighted by Gasteiger charge is -2.08. The minimum atomic E-state index is 0.520. The first-order valence-electron chi connectivity index (χ1n) is 6.39. The summed E-state index contributed by atoms with van der Waals surface area (Å²) in [5.74, 6) is 1.30. The number of hydrogen-bond donors (Lipinski definition) is 1. The number of pyridine rings is 1. The molecule has 0 unspecified atom stereocenters. The van der Waals surface area contributed by atoms with Gasteiger partial charge in [0.2, 0.25) is 5.88 Å². The van der Waals surface area contributed by atoms with Crippen LogP contribution in [0.2, 0.25) is 0 Å². The molecule has 1 N–H and O–H groups in total. The second kappa shape index (κ2) is 6.06. The molecule has 6 heteroatoms. The van der Waals surface area contributed by atoms with Crippen molar-refractivity contribution in [1.29, 1.82) is 5.26 Å². The first kappa shape index (κ1) is 13.9. The second-order valence-electron chi connectivity index (χ2n) is 4.28. The van der Waals surface area contributed by atoms with E-state index in [0.29, 0.717) is 17.9 Å². The smallest absolute Gasteiger partial charge is 0.216 e. The molecule has 2 rings (SSSR count). The van der Waals surface area contributed by atoms with Crippen molar-refractivity contribution in [2.45, 2.75) is 19.9 Å². The van der Waals surface area contributed by atoms with E-state index in [1.54, 1.807) is 30.1 Å². The molecule has 2 aromatic rings. The molecule has 0 radical (unpaired) electrons. The Hall–Kier alpha value is -2.55. The van der Waals surface area contributed by atoms with Gasteiger partial charge in [-0.3, -0.25) is 0 Å². The minimum Gasteiger partial charge on any atom is -0.481 e. The zero-order chi connectivity index (χ0) is 14.5. The van der Waals surface area contributed by atoms with Gasteiger partial charge in [0.05, 0.1) is 23.9 Å². The average molecular weight is 271 g/mol. The van der Waals surface area contributed by atoms with Crippen LogP contribution in [0, 0.1) is 11.3 Å². The molecule has 2 heterocycles. The number of rotatable bonds is 5. The topological polar surface area (TPSA) is 75.8 Å². The fraction of sp³-hybridized carbons (Fsp3) is 0.357. The van der Waals surface area contributed by atoms with E-state index in [1.807, 2.05) is 14.0 Å². The summed E-state index contributed by atoms with van der Waals surface area (Å²) >= 11 is 0. The highest BCUT2D eigenvalue weighted by molar-refractivity contribution is 5.52. The van der Waals surface area contributed by atoms with Gasteiger partial charge in [0.1, 0.15) is 11.9 Å². The molecule has 0 aliphatic heterocycles. The first-order valence-corrected chi connectivity index (χ1v) is 6.39. The quantitative estimate of drug-likeness (QED) is 0.898. The number of aromatic nitrogens is 3. The van der Waals surface area contributed by atoms with Crippen LogP contribution >= 0.6 is 0 Å². The van der Waals surface area contributed by atoms with E-state index in [2.05, 4.69) is 21.5 Å². The summed E-state index contributed by atoms with van der Waals surface area (Å²) in [6.07, 6.45) is 2.48. The van der Waals surface area contributed by atoms with Gasteiger partial charge in [0.25, 0.3) is 0 Å². The van der Waals surface area contributed by atoms with Crippen LogP contribution in [0.15, 0.2) is 18.3 Å². The Balaban J connectivity index is 2.25. The Bertz CT molecular complexity index is 641. The van der Waals surface area contributed by atoms with Gasteiger partial charge in [-0.15, -0.1) is 0 Å². The molecule has 0 saturated heterocycles. The van der Waals surface area contributed by atoms with Crippen LogP contribution in [0.3, 0.4) is 0 Å². The normalized spacial score (nSPS) is 10.1. The molecule has 0 bridgehead atoms. The fourth-order valence-electron chi connectivity index (χ4n) is 2.13. The largest absolute Gasteiger partial charge is 0.481 e. The number of anilines is 1. The van der Waals surface area contributed by atoms with Crippen molar-refractivity contribution in [3.05, 3.63) is 35.2 Å². The predicted molar refractivity (Wildman–Crippen MR) is 75.4 cm³/mol. The summed E-state index contributed by atoms with van der Waals surface area (Å²) in [5, 5.41) is 16.6. The van der Waals surface area contributed by atoms with Crippen molar-refractivity contribution in [3.8, 4) is 11.9 Å². The third-order valence-electron chi connectivity index (χ3n) is 3.06. The van der Waals surface area contributed by atoms with Crippen LogP contribution in [0.25, 0.3) is 0 Å². The number of nitriles is 1. The summed E-state index contributed by atoms with van der Waals surface area (Å²) in [5.41, 5.74) is 2.49. The van der Waals surface area contributed by atoms with Gasteiger partial charge in [0, 0.05) is 19.8 Å². The summed E-state index contributed by atoms with van der Waals surface area (Å²) in [7, 11) is 3.48. The van der Waals surface area contributed by atoms with Crippen LogP contribution in [0.4, 0.5) is 5.82 Å². The molecule has 0 atom stereocenters. The summed E-state index contributed by atoms with van der Waals surface area (Å²) in [6, 6.07) is 5.59. The highest BCUT2D eigenvalue weighted by Crippen LogP contribution is 2.23. The van der Waals surface area contributed by atoms with Gasteiger partial charge in [-0.2, -0.15) is 10.4 Å². The SMILES string of the molecule is CCc1nn(C)c(OC)c1CNc1ncccc1C#N. The van der Waals surface area contributed by atoms with Crippen LogP contribution in [0.1, 0.15) is 23.7 Å². The highest BCUT2D eigenvalue weighted by Gasteiger charge is 2.15. The van der Waals surface area contributed by atoms with E-state index in [1.165, 1.54) is 0 Å². The van der Waals surface area contributed by atoms with Crippen molar-refractivity contribution in [3.63, 3.8) is 0 Å². The number of ether oxygens (including phenoxy) is 1. The third kappa shape index (κ3) is 2.57. The molecule has 0 aromatic carbocycles. The maximum Gasteiger partial charge on any atom is 0.216 e. The number of methoxy groups -OCH3 is 1. The van der Waals surface area contributed by atoms with Crippen LogP contribution < -0.4 is 10.1 Å². The number of nitrogens with zero attached hydrogens (tertiary/aromatic N) is 4. The van der Waals surface area contributed by atoms with Gasteiger partial charge in [-0.1, -0.05) is 6.92 Å². The first-order chi connectivity index (χ1) is 9.71. The number of nitrogens with one attached hydrogen (secondary N) is 1. The molecule has 104 valence electrons. The molecule has 20 heavy (non-hydrogen) atoms. The fourth-order valence-corrected chi connectivity index (χ4v) is 2.13. The van der Waals surface area contributed by atoms with Crippen molar-refractivity contribution in [1.82, 2.24) is 14.8 Å². The Morgan fingerprint density at radius 3 is 2.95 bits per heavy atom. The average Bonchev–Trinajstić information content (AvgIpc) is 2.80. The molecule has 0 aliphatic rings. The summed E-state index contributed by atoms with van der Waals surface area (Å²) in [6.45, 7) is 2.57. The lowest BCUT2D eigenvalue weighted by molar-refractivity contribution is 0.369. The van der Waals surface area contributed by atoms with E-state index in [-0.39, 0.29) is 0 Å². The van der Waals surface area contributed by atoms with Crippen molar-refractivity contribution < 1.29 is 4.74 Å². The van der Waals surface area contributed by atoms with Crippen LogP contribution in [0.5, 0.6) is 5.88 Å². The summed E-state index contributed by atoms with van der Waals surface area (Å²) < 4.78 is 7.10. The molecule has 0 amide bonds. The molecule has 0 saturated carbocycles. The predicted octanol–water partition coefficient (Wildman–Crippen LogP) is 1.87. The van der Waals surface area contributed by atoms with Gasteiger partial charge < -0.3 is 10.1 Å². The third-order valence-corrected chi connectivity index (χ3v) is 3.06. The van der Waals surface area contributed by atoms with E-state index >= 15 is 0 Å². The second-order valence-corrected chi connectivity index (χ2v) is 4.28. The maximum absolute atomic E-state index is 9.05.